The maximum absolute atomic E-state index is 5.05. The van der Waals surface area contributed by atoms with Gasteiger partial charge in [-0.25, -0.2) is 15.0 Å². The molecule has 0 aliphatic carbocycles. The van der Waals surface area contributed by atoms with Crippen LogP contribution in [0.3, 0.4) is 0 Å². The van der Waals surface area contributed by atoms with Crippen LogP contribution in [-0.4, -0.2) is 21.1 Å². The van der Waals surface area contributed by atoms with Crippen molar-refractivity contribution >= 4 is 39.1 Å². The van der Waals surface area contributed by atoms with E-state index >= 15 is 0 Å². The summed E-state index contributed by atoms with van der Waals surface area (Å²) in [6, 6.07) is 69.5. The number of imidazole rings is 1. The quantitative estimate of drug-likeness (QED) is 0.114. The summed E-state index contributed by atoms with van der Waals surface area (Å²) in [4.78, 5) is 14.9. The second-order valence-electron chi connectivity index (χ2n) is 13.8. The van der Waals surface area contributed by atoms with Crippen molar-refractivity contribution in [2.45, 2.75) is 6.92 Å². The number of para-hydroxylation sites is 3. The number of fused-ring (bicyclic) bond motifs is 2. The molecule has 9 rings (SSSR count). The Kier molecular flexibility index (Phi) is 9.28. The summed E-state index contributed by atoms with van der Waals surface area (Å²) in [6.07, 6.45) is 0. The SMILES string of the molecule is C=C(N=C(N=C(C)c1ccccc1)c1ccccc1)c1ccc(-c2ccc3ccc(-c4ccc(-c5nc6ccccc6n5-c5ccccc5)cc4)cc3c2)cc1. The van der Waals surface area contributed by atoms with Gasteiger partial charge in [-0.1, -0.05) is 170 Å². The first-order chi connectivity index (χ1) is 27.6. The van der Waals surface area contributed by atoms with Gasteiger partial charge in [-0.3, -0.25) is 4.57 Å². The van der Waals surface area contributed by atoms with Crippen LogP contribution in [0, 0.1) is 0 Å². The average Bonchev–Trinajstić information content (AvgIpc) is 3.66. The van der Waals surface area contributed by atoms with E-state index < -0.39 is 0 Å². The van der Waals surface area contributed by atoms with Crippen LogP contribution in [0.15, 0.2) is 217 Å². The lowest BCUT2D eigenvalue weighted by Gasteiger charge is -2.11. The monoisotopic (exact) mass is 718 g/mol. The molecule has 4 heteroatoms. The number of aliphatic imine (C=N–C) groups is 2. The van der Waals surface area contributed by atoms with Gasteiger partial charge in [0.05, 0.1) is 16.7 Å². The second-order valence-corrected chi connectivity index (χ2v) is 13.8. The van der Waals surface area contributed by atoms with Crippen LogP contribution in [0.2, 0.25) is 0 Å². The molecule has 0 aliphatic heterocycles. The molecule has 4 nitrogen and oxygen atoms in total. The molecule has 0 spiro atoms. The Morgan fingerprint density at radius 1 is 0.464 bits per heavy atom. The third kappa shape index (κ3) is 7.00. The minimum atomic E-state index is 0.632. The van der Waals surface area contributed by atoms with Crippen molar-refractivity contribution < 1.29 is 0 Å². The molecule has 0 bridgehead atoms. The first-order valence-electron chi connectivity index (χ1n) is 18.8. The fourth-order valence-corrected chi connectivity index (χ4v) is 7.17. The third-order valence-corrected chi connectivity index (χ3v) is 10.2. The number of amidine groups is 1. The zero-order chi connectivity index (χ0) is 37.8. The van der Waals surface area contributed by atoms with Gasteiger partial charge in [0, 0.05) is 22.5 Å². The van der Waals surface area contributed by atoms with Crippen LogP contribution in [0.4, 0.5) is 0 Å². The number of hydrogen-bond acceptors (Lipinski definition) is 2. The Morgan fingerprint density at radius 2 is 0.982 bits per heavy atom. The molecule has 0 saturated heterocycles. The van der Waals surface area contributed by atoms with Gasteiger partial charge in [0.15, 0.2) is 5.84 Å². The Hall–Kier alpha value is -7.43. The van der Waals surface area contributed by atoms with Crippen LogP contribution in [0.1, 0.15) is 23.6 Å². The van der Waals surface area contributed by atoms with Crippen LogP contribution in [0.25, 0.3) is 66.8 Å². The molecule has 9 aromatic rings. The second kappa shape index (κ2) is 15.1. The Balaban J connectivity index is 0.978. The molecule has 56 heavy (non-hydrogen) atoms. The molecule has 266 valence electrons. The standard InChI is InChI=1S/C52H38N4/c1-36(38-14-6-3-7-15-38)53-51(43-16-8-4-9-17-43)54-37(2)39-22-24-40(25-23-39)45-32-28-42-29-33-46(35-47(42)34-45)41-26-30-44(31-27-41)52-55-49-20-12-13-21-50(49)56(52)48-18-10-5-11-19-48/h3-35H,2H2,1H3. The predicted molar refractivity (Wildman–Crippen MR) is 236 cm³/mol. The first-order valence-corrected chi connectivity index (χ1v) is 18.8. The van der Waals surface area contributed by atoms with Crippen molar-refractivity contribution in [1.29, 1.82) is 0 Å². The van der Waals surface area contributed by atoms with Crippen LogP contribution in [0.5, 0.6) is 0 Å². The first kappa shape index (κ1) is 34.3. The predicted octanol–water partition coefficient (Wildman–Crippen LogP) is 13.1. The van der Waals surface area contributed by atoms with E-state index in [9.17, 15) is 0 Å². The van der Waals surface area contributed by atoms with Gasteiger partial charge < -0.3 is 0 Å². The summed E-state index contributed by atoms with van der Waals surface area (Å²) in [6.45, 7) is 6.35. The van der Waals surface area contributed by atoms with E-state index in [-0.39, 0.29) is 0 Å². The maximum Gasteiger partial charge on any atom is 0.160 e. The van der Waals surface area contributed by atoms with Crippen molar-refractivity contribution in [2.24, 2.45) is 9.98 Å². The van der Waals surface area contributed by atoms with Crippen molar-refractivity contribution in [1.82, 2.24) is 9.55 Å². The highest BCUT2D eigenvalue weighted by atomic mass is 15.1. The molecular weight excluding hydrogens is 681 g/mol. The minimum Gasteiger partial charge on any atom is -0.292 e. The lowest BCUT2D eigenvalue weighted by Crippen LogP contribution is -2.04. The summed E-state index contributed by atoms with van der Waals surface area (Å²) < 4.78 is 2.24. The van der Waals surface area contributed by atoms with Crippen molar-refractivity contribution in [3.05, 3.63) is 223 Å². The largest absolute Gasteiger partial charge is 0.292 e. The molecule has 0 amide bonds. The number of benzene rings is 8. The molecule has 0 fully saturated rings. The van der Waals surface area contributed by atoms with Gasteiger partial charge in [0.25, 0.3) is 0 Å². The average molecular weight is 719 g/mol. The Labute approximate surface area is 327 Å². The number of aromatic nitrogens is 2. The van der Waals surface area contributed by atoms with Crippen LogP contribution >= 0.6 is 0 Å². The molecule has 0 unspecified atom stereocenters. The van der Waals surface area contributed by atoms with Gasteiger partial charge >= 0.3 is 0 Å². The van der Waals surface area contributed by atoms with Gasteiger partial charge in [-0.2, -0.15) is 0 Å². The van der Waals surface area contributed by atoms with Crippen molar-refractivity contribution in [3.63, 3.8) is 0 Å². The highest BCUT2D eigenvalue weighted by Crippen LogP contribution is 2.33. The fraction of sp³-hybridized carbons (Fsp3) is 0.0192. The van der Waals surface area contributed by atoms with E-state index in [4.69, 9.17) is 15.0 Å². The van der Waals surface area contributed by atoms with Crippen molar-refractivity contribution in [2.75, 3.05) is 0 Å². The number of hydrogen-bond donors (Lipinski definition) is 0. The third-order valence-electron chi connectivity index (χ3n) is 10.2. The summed E-state index contributed by atoms with van der Waals surface area (Å²) in [5.74, 6) is 1.56. The molecule has 0 atom stereocenters. The molecule has 0 N–H and O–H groups in total. The summed E-state index contributed by atoms with van der Waals surface area (Å²) in [5, 5.41) is 2.39. The van der Waals surface area contributed by atoms with E-state index in [1.165, 1.54) is 16.3 Å². The van der Waals surface area contributed by atoms with Gasteiger partial charge in [0.2, 0.25) is 0 Å². The molecule has 0 aliphatic rings. The van der Waals surface area contributed by atoms with E-state index in [2.05, 4.69) is 151 Å². The molecular formula is C52H38N4. The summed E-state index contributed by atoms with van der Waals surface area (Å²) in [5.41, 5.74) is 13.3. The topological polar surface area (TPSA) is 42.5 Å². The molecule has 8 aromatic carbocycles. The summed E-state index contributed by atoms with van der Waals surface area (Å²) in [7, 11) is 0. The maximum atomic E-state index is 5.05. The Morgan fingerprint density at radius 3 is 1.62 bits per heavy atom. The number of nitrogens with zero attached hydrogens (tertiary/aromatic N) is 4. The van der Waals surface area contributed by atoms with E-state index in [0.29, 0.717) is 11.5 Å². The summed E-state index contributed by atoms with van der Waals surface area (Å²) >= 11 is 0. The molecule has 1 heterocycles. The van der Waals surface area contributed by atoms with Crippen molar-refractivity contribution in [3.8, 4) is 39.3 Å². The van der Waals surface area contributed by atoms with E-state index in [1.54, 1.807) is 0 Å². The normalized spacial score (nSPS) is 11.9. The highest BCUT2D eigenvalue weighted by Gasteiger charge is 2.15. The molecule has 1 aromatic heterocycles. The highest BCUT2D eigenvalue weighted by molar-refractivity contribution is 6.12. The number of rotatable bonds is 8. The van der Waals surface area contributed by atoms with Gasteiger partial charge in [-0.05, 0) is 87.5 Å². The lowest BCUT2D eigenvalue weighted by atomic mass is 9.96. The van der Waals surface area contributed by atoms with Gasteiger partial charge in [0.1, 0.15) is 5.82 Å². The molecule has 0 saturated carbocycles. The zero-order valence-corrected chi connectivity index (χ0v) is 31.0. The Bertz CT molecular complexity index is 2890. The zero-order valence-electron chi connectivity index (χ0n) is 31.0. The molecule has 0 radical (unpaired) electrons. The van der Waals surface area contributed by atoms with E-state index in [0.717, 1.165) is 67.2 Å². The minimum absolute atomic E-state index is 0.632. The van der Waals surface area contributed by atoms with Crippen LogP contribution < -0.4 is 0 Å². The van der Waals surface area contributed by atoms with Gasteiger partial charge in [-0.15, -0.1) is 0 Å². The fourth-order valence-electron chi connectivity index (χ4n) is 7.17. The van der Waals surface area contributed by atoms with Crippen LogP contribution in [-0.2, 0) is 0 Å². The smallest absolute Gasteiger partial charge is 0.160 e. The van der Waals surface area contributed by atoms with E-state index in [1.807, 2.05) is 67.6 Å². The lowest BCUT2D eigenvalue weighted by molar-refractivity contribution is 1.10.